The van der Waals surface area contributed by atoms with Gasteiger partial charge in [0.2, 0.25) is 0 Å². The van der Waals surface area contributed by atoms with E-state index in [0.29, 0.717) is 34.9 Å². The predicted molar refractivity (Wildman–Crippen MR) is 96.0 cm³/mol. The van der Waals surface area contributed by atoms with E-state index >= 15 is 0 Å². The molecule has 6 nitrogen and oxygen atoms in total. The molecule has 1 aliphatic carbocycles. The van der Waals surface area contributed by atoms with E-state index in [1.807, 2.05) is 0 Å². The van der Waals surface area contributed by atoms with Crippen LogP contribution >= 0.6 is 11.6 Å². The van der Waals surface area contributed by atoms with Crippen LogP contribution in [-0.4, -0.2) is 37.7 Å². The van der Waals surface area contributed by atoms with E-state index in [9.17, 15) is 18.0 Å². The Balaban J connectivity index is 1.71. The van der Waals surface area contributed by atoms with Crippen LogP contribution in [0.4, 0.5) is 13.2 Å². The second kappa shape index (κ2) is 6.73. The first-order valence-electron chi connectivity index (χ1n) is 8.59. The first kappa shape index (κ1) is 18.7. The molecule has 0 aromatic carbocycles. The highest BCUT2D eigenvalue weighted by atomic mass is 35.5. The van der Waals surface area contributed by atoms with Crippen molar-refractivity contribution >= 4 is 23.2 Å². The highest BCUT2D eigenvalue weighted by Crippen LogP contribution is 2.40. The topological polar surface area (TPSA) is 72.2 Å². The summed E-state index contributed by atoms with van der Waals surface area (Å²) in [4.78, 5) is 21.2. The molecule has 0 unspecified atom stereocenters. The number of nitrogens with zero attached hydrogens (tertiary/aromatic N) is 4. The van der Waals surface area contributed by atoms with Crippen LogP contribution in [0.25, 0.3) is 17.0 Å². The van der Waals surface area contributed by atoms with E-state index in [1.54, 1.807) is 25.1 Å². The van der Waals surface area contributed by atoms with Crippen molar-refractivity contribution in [3.05, 3.63) is 46.9 Å². The molecule has 1 saturated carbocycles. The van der Waals surface area contributed by atoms with Crippen molar-refractivity contribution in [3.63, 3.8) is 0 Å². The van der Waals surface area contributed by atoms with Gasteiger partial charge in [-0.1, -0.05) is 11.6 Å². The summed E-state index contributed by atoms with van der Waals surface area (Å²) in [5, 5.41) is 6.66. The maximum Gasteiger partial charge on any atom is 0.408 e. The van der Waals surface area contributed by atoms with E-state index in [-0.39, 0.29) is 11.2 Å². The fourth-order valence-electron chi connectivity index (χ4n) is 3.05. The number of amides is 1. The maximum atomic E-state index is 13.2. The molecule has 3 aromatic heterocycles. The van der Waals surface area contributed by atoms with Gasteiger partial charge in [0.05, 0.1) is 22.6 Å². The molecule has 4 rings (SSSR count). The summed E-state index contributed by atoms with van der Waals surface area (Å²) in [5.41, 5.74) is 1.79. The number of carbonyl (C=O) groups is 1. The molecule has 1 aliphatic rings. The third kappa shape index (κ3) is 3.54. The minimum Gasteiger partial charge on any atom is -0.340 e. The summed E-state index contributed by atoms with van der Waals surface area (Å²) in [5.74, 6) is -1.42. The fourth-order valence-corrected chi connectivity index (χ4v) is 3.16. The highest BCUT2D eigenvalue weighted by Gasteiger charge is 2.49. The van der Waals surface area contributed by atoms with Crippen LogP contribution in [0.15, 0.2) is 30.6 Å². The van der Waals surface area contributed by atoms with Gasteiger partial charge in [0.15, 0.2) is 5.65 Å². The average Bonchev–Trinajstić information content (AvgIpc) is 3.37. The number of hydrogen-bond acceptors (Lipinski definition) is 4. The van der Waals surface area contributed by atoms with Crippen LogP contribution in [0, 0.1) is 12.8 Å². The Morgan fingerprint density at radius 3 is 2.64 bits per heavy atom. The molecule has 1 N–H and O–H groups in total. The van der Waals surface area contributed by atoms with Gasteiger partial charge in [-0.25, -0.2) is 9.50 Å². The van der Waals surface area contributed by atoms with E-state index in [4.69, 9.17) is 11.6 Å². The minimum atomic E-state index is -4.50. The van der Waals surface area contributed by atoms with Crippen molar-refractivity contribution in [1.82, 2.24) is 24.9 Å². The standard InChI is InChI=1S/C18H15ClF3N5O/c1-9-6-14(13-5-4-11(19)7-23-13)25-16-12(8-24-27(9)16)17(28)26-15(10-2-3-10)18(20,21)22/h4-8,10,15H,2-3H2,1H3,(H,26,28)/t15-/m0/s1. The molecule has 146 valence electrons. The number of rotatable bonds is 4. The highest BCUT2D eigenvalue weighted by molar-refractivity contribution is 6.30. The van der Waals surface area contributed by atoms with E-state index in [1.165, 1.54) is 16.9 Å². The van der Waals surface area contributed by atoms with Crippen LogP contribution in [0.1, 0.15) is 28.9 Å². The normalized spacial score (nSPS) is 15.6. The van der Waals surface area contributed by atoms with Crippen molar-refractivity contribution in [2.45, 2.75) is 32.0 Å². The van der Waals surface area contributed by atoms with Crippen molar-refractivity contribution in [3.8, 4) is 11.4 Å². The van der Waals surface area contributed by atoms with Crippen LogP contribution in [-0.2, 0) is 0 Å². The summed E-state index contributed by atoms with van der Waals surface area (Å²) in [6, 6.07) is 3.18. The number of halogens is 4. The molecule has 3 aromatic rings. The molecule has 0 spiro atoms. The quantitative estimate of drug-likeness (QED) is 0.711. The molecule has 1 fully saturated rings. The zero-order valence-electron chi connectivity index (χ0n) is 14.7. The van der Waals surface area contributed by atoms with E-state index in [0.717, 1.165) is 0 Å². The third-order valence-corrected chi connectivity index (χ3v) is 4.84. The molecule has 28 heavy (non-hydrogen) atoms. The van der Waals surface area contributed by atoms with E-state index < -0.39 is 24.0 Å². The number of aromatic nitrogens is 4. The van der Waals surface area contributed by atoms with E-state index in [2.05, 4.69) is 20.4 Å². The van der Waals surface area contributed by atoms with Crippen LogP contribution in [0.5, 0.6) is 0 Å². The Bertz CT molecular complexity index is 1040. The Kier molecular flexibility index (Phi) is 4.49. The molecule has 1 atom stereocenters. The minimum absolute atomic E-state index is 0.0196. The number of fused-ring (bicyclic) bond motifs is 1. The number of carbonyl (C=O) groups excluding carboxylic acids is 1. The maximum absolute atomic E-state index is 13.2. The van der Waals surface area contributed by atoms with Gasteiger partial charge in [-0.15, -0.1) is 0 Å². The third-order valence-electron chi connectivity index (χ3n) is 4.62. The monoisotopic (exact) mass is 409 g/mol. The summed E-state index contributed by atoms with van der Waals surface area (Å²) in [6.45, 7) is 1.76. The van der Waals surface area contributed by atoms with Crippen molar-refractivity contribution in [2.75, 3.05) is 0 Å². The summed E-state index contributed by atoms with van der Waals surface area (Å²) < 4.78 is 41.1. The molecule has 0 saturated heterocycles. The lowest BCUT2D eigenvalue weighted by Crippen LogP contribution is -2.46. The van der Waals surface area contributed by atoms with Gasteiger partial charge >= 0.3 is 6.18 Å². The smallest absolute Gasteiger partial charge is 0.340 e. The van der Waals surface area contributed by atoms with Crippen LogP contribution in [0.2, 0.25) is 5.02 Å². The Labute approximate surface area is 162 Å². The van der Waals surface area contributed by atoms with Gasteiger partial charge in [-0.2, -0.15) is 18.3 Å². The number of aryl methyl sites for hydroxylation is 1. The second-order valence-corrected chi connectivity index (χ2v) is 7.20. The lowest BCUT2D eigenvalue weighted by Gasteiger charge is -2.20. The molecule has 10 heteroatoms. The van der Waals surface area contributed by atoms with Crippen molar-refractivity contribution in [2.24, 2.45) is 5.92 Å². The van der Waals surface area contributed by atoms with Crippen molar-refractivity contribution in [1.29, 1.82) is 0 Å². The molecule has 1 amide bonds. The summed E-state index contributed by atoms with van der Waals surface area (Å²) in [7, 11) is 0. The van der Waals surface area contributed by atoms with Gasteiger partial charge in [-0.3, -0.25) is 9.78 Å². The molecule has 0 bridgehead atoms. The zero-order chi connectivity index (χ0) is 20.1. The Hall–Kier alpha value is -2.68. The number of alkyl halides is 3. The van der Waals surface area contributed by atoms with Crippen LogP contribution < -0.4 is 5.32 Å². The first-order chi connectivity index (χ1) is 13.2. The molecular weight excluding hydrogens is 395 g/mol. The average molecular weight is 410 g/mol. The molecule has 0 aliphatic heterocycles. The lowest BCUT2D eigenvalue weighted by molar-refractivity contribution is -0.158. The van der Waals surface area contributed by atoms with Gasteiger partial charge < -0.3 is 5.32 Å². The Morgan fingerprint density at radius 1 is 1.29 bits per heavy atom. The largest absolute Gasteiger partial charge is 0.408 e. The Morgan fingerprint density at radius 2 is 2.04 bits per heavy atom. The SMILES string of the molecule is Cc1cc(-c2ccc(Cl)cn2)nc2c(C(=O)N[C@@H](C3CC3)C(F)(F)F)cnn12. The number of pyridine rings is 1. The first-order valence-corrected chi connectivity index (χ1v) is 8.97. The fraction of sp³-hybridized carbons (Fsp3) is 0.333. The summed E-state index contributed by atoms with van der Waals surface area (Å²) in [6.07, 6.45) is -0.914. The number of hydrogen-bond donors (Lipinski definition) is 1. The van der Waals surface area contributed by atoms with Gasteiger partial charge in [0.25, 0.3) is 5.91 Å². The van der Waals surface area contributed by atoms with Gasteiger partial charge in [-0.05, 0) is 43.9 Å². The van der Waals surface area contributed by atoms with Gasteiger partial charge in [0.1, 0.15) is 11.6 Å². The molecule has 3 heterocycles. The molecule has 0 radical (unpaired) electrons. The van der Waals surface area contributed by atoms with Crippen LogP contribution in [0.3, 0.4) is 0 Å². The van der Waals surface area contributed by atoms with Gasteiger partial charge in [0, 0.05) is 11.9 Å². The van der Waals surface area contributed by atoms with Crippen molar-refractivity contribution < 1.29 is 18.0 Å². The zero-order valence-corrected chi connectivity index (χ0v) is 15.4. The lowest BCUT2D eigenvalue weighted by atomic mass is 10.1. The predicted octanol–water partition coefficient (Wildman–Crippen LogP) is 3.82. The molecular formula is C18H15ClF3N5O. The number of nitrogens with one attached hydrogen (secondary N) is 1. The second-order valence-electron chi connectivity index (χ2n) is 6.77. The summed E-state index contributed by atoms with van der Waals surface area (Å²) >= 11 is 5.85.